The molecule has 2 aromatic carbocycles. The summed E-state index contributed by atoms with van der Waals surface area (Å²) in [7, 11) is 0. The maximum atomic E-state index is 9.53. The summed E-state index contributed by atoms with van der Waals surface area (Å²) in [5.41, 5.74) is 2.95. The molecule has 1 heterocycles. The van der Waals surface area contributed by atoms with Crippen LogP contribution in [0.2, 0.25) is 0 Å². The SMILES string of the molecule is CC(Nc1ccc(-n2nccn2)cc1)c1cccc(O)c1. The molecule has 0 fully saturated rings. The topological polar surface area (TPSA) is 63.0 Å². The predicted octanol–water partition coefficient (Wildman–Crippen LogP) is 3.15. The van der Waals surface area contributed by atoms with Gasteiger partial charge in [0.15, 0.2) is 0 Å². The largest absolute Gasteiger partial charge is 0.508 e. The number of benzene rings is 2. The standard InChI is InChI=1S/C16H16N4O/c1-12(13-3-2-4-16(21)11-13)19-14-5-7-15(8-6-14)20-17-9-10-18-20/h2-12,19,21H,1H3. The second-order valence-corrected chi connectivity index (χ2v) is 4.83. The first-order valence-electron chi connectivity index (χ1n) is 6.74. The van der Waals surface area contributed by atoms with E-state index in [2.05, 4.69) is 22.4 Å². The first-order chi connectivity index (χ1) is 10.2. The molecule has 0 saturated carbocycles. The molecular formula is C16H16N4O. The summed E-state index contributed by atoms with van der Waals surface area (Å²) in [6.07, 6.45) is 3.30. The molecule has 0 radical (unpaired) electrons. The highest BCUT2D eigenvalue weighted by molar-refractivity contribution is 5.50. The van der Waals surface area contributed by atoms with Crippen LogP contribution in [0.15, 0.2) is 60.9 Å². The molecule has 21 heavy (non-hydrogen) atoms. The van der Waals surface area contributed by atoms with Gasteiger partial charge in [0, 0.05) is 11.7 Å². The van der Waals surface area contributed by atoms with Crippen LogP contribution in [-0.2, 0) is 0 Å². The molecule has 0 bridgehead atoms. The smallest absolute Gasteiger partial charge is 0.115 e. The van der Waals surface area contributed by atoms with Gasteiger partial charge in [-0.2, -0.15) is 15.0 Å². The fraction of sp³-hybridized carbons (Fsp3) is 0.125. The summed E-state index contributed by atoms with van der Waals surface area (Å²) < 4.78 is 0. The Morgan fingerprint density at radius 2 is 1.76 bits per heavy atom. The molecule has 0 aliphatic carbocycles. The van der Waals surface area contributed by atoms with Crippen LogP contribution in [0.5, 0.6) is 5.75 Å². The summed E-state index contributed by atoms with van der Waals surface area (Å²) in [5, 5.41) is 21.1. The number of phenolic OH excluding ortho intramolecular Hbond substituents is 1. The zero-order valence-corrected chi connectivity index (χ0v) is 11.6. The van der Waals surface area contributed by atoms with Crippen molar-refractivity contribution >= 4 is 5.69 Å². The lowest BCUT2D eigenvalue weighted by Gasteiger charge is -2.16. The van der Waals surface area contributed by atoms with Gasteiger partial charge in [-0.15, -0.1) is 0 Å². The molecule has 2 N–H and O–H groups in total. The van der Waals surface area contributed by atoms with Crippen LogP contribution in [0.4, 0.5) is 5.69 Å². The third-order valence-electron chi connectivity index (χ3n) is 3.27. The lowest BCUT2D eigenvalue weighted by atomic mass is 10.1. The number of aromatic hydroxyl groups is 1. The summed E-state index contributed by atoms with van der Waals surface area (Å²) in [6, 6.07) is 15.2. The van der Waals surface area contributed by atoms with Crippen LogP contribution in [0.25, 0.3) is 5.69 Å². The van der Waals surface area contributed by atoms with Crippen LogP contribution in [0.1, 0.15) is 18.5 Å². The van der Waals surface area contributed by atoms with Gasteiger partial charge in [0.05, 0.1) is 18.1 Å². The van der Waals surface area contributed by atoms with Crippen LogP contribution >= 0.6 is 0 Å². The zero-order valence-electron chi connectivity index (χ0n) is 11.6. The Morgan fingerprint density at radius 1 is 1.05 bits per heavy atom. The molecule has 0 aliphatic rings. The predicted molar refractivity (Wildman–Crippen MR) is 81.5 cm³/mol. The summed E-state index contributed by atoms with van der Waals surface area (Å²) in [6.45, 7) is 2.05. The Labute approximate surface area is 122 Å². The van der Waals surface area contributed by atoms with E-state index in [0.29, 0.717) is 0 Å². The molecule has 3 aromatic rings. The molecule has 3 rings (SSSR count). The van der Waals surface area contributed by atoms with Crippen molar-refractivity contribution < 1.29 is 5.11 Å². The second-order valence-electron chi connectivity index (χ2n) is 4.83. The van der Waals surface area contributed by atoms with Gasteiger partial charge in [0.25, 0.3) is 0 Å². The molecule has 0 spiro atoms. The Bertz CT molecular complexity index is 707. The van der Waals surface area contributed by atoms with E-state index in [4.69, 9.17) is 0 Å². The number of hydrogen-bond donors (Lipinski definition) is 2. The number of rotatable bonds is 4. The molecule has 0 amide bonds. The molecular weight excluding hydrogens is 264 g/mol. The van der Waals surface area contributed by atoms with Gasteiger partial charge in [0.2, 0.25) is 0 Å². The van der Waals surface area contributed by atoms with Crippen LogP contribution < -0.4 is 5.32 Å². The number of nitrogens with one attached hydrogen (secondary N) is 1. The van der Waals surface area contributed by atoms with Crippen molar-refractivity contribution in [2.75, 3.05) is 5.32 Å². The van der Waals surface area contributed by atoms with Crippen molar-refractivity contribution in [1.82, 2.24) is 15.0 Å². The van der Waals surface area contributed by atoms with Gasteiger partial charge >= 0.3 is 0 Å². The lowest BCUT2D eigenvalue weighted by Crippen LogP contribution is -2.06. The highest BCUT2D eigenvalue weighted by Gasteiger charge is 2.06. The molecule has 1 aromatic heterocycles. The third-order valence-corrected chi connectivity index (χ3v) is 3.27. The van der Waals surface area contributed by atoms with Gasteiger partial charge in [-0.3, -0.25) is 0 Å². The highest BCUT2D eigenvalue weighted by atomic mass is 16.3. The normalized spacial score (nSPS) is 12.0. The Balaban J connectivity index is 1.73. The van der Waals surface area contributed by atoms with E-state index < -0.39 is 0 Å². The van der Waals surface area contributed by atoms with Gasteiger partial charge in [-0.1, -0.05) is 12.1 Å². The Kier molecular flexibility index (Phi) is 3.55. The molecule has 1 unspecified atom stereocenters. The average Bonchev–Trinajstić information content (AvgIpc) is 3.02. The number of phenols is 1. The van der Waals surface area contributed by atoms with Gasteiger partial charge in [-0.25, -0.2) is 0 Å². The van der Waals surface area contributed by atoms with E-state index in [1.807, 2.05) is 36.4 Å². The van der Waals surface area contributed by atoms with Crippen molar-refractivity contribution in [1.29, 1.82) is 0 Å². The molecule has 0 aliphatic heterocycles. The summed E-state index contributed by atoms with van der Waals surface area (Å²) in [4.78, 5) is 1.57. The number of anilines is 1. The molecule has 5 heteroatoms. The number of aromatic nitrogens is 3. The lowest BCUT2D eigenvalue weighted by molar-refractivity contribution is 0.474. The average molecular weight is 280 g/mol. The molecule has 106 valence electrons. The minimum atomic E-state index is 0.103. The maximum Gasteiger partial charge on any atom is 0.115 e. The van der Waals surface area contributed by atoms with Gasteiger partial charge < -0.3 is 10.4 Å². The van der Waals surface area contributed by atoms with Crippen LogP contribution in [-0.4, -0.2) is 20.1 Å². The summed E-state index contributed by atoms with van der Waals surface area (Å²) >= 11 is 0. The van der Waals surface area contributed by atoms with Crippen LogP contribution in [0, 0.1) is 0 Å². The minimum Gasteiger partial charge on any atom is -0.508 e. The van der Waals surface area contributed by atoms with Crippen molar-refractivity contribution in [2.45, 2.75) is 13.0 Å². The van der Waals surface area contributed by atoms with Crippen molar-refractivity contribution in [2.24, 2.45) is 0 Å². The van der Waals surface area contributed by atoms with E-state index in [-0.39, 0.29) is 11.8 Å². The minimum absolute atomic E-state index is 0.103. The quantitative estimate of drug-likeness (QED) is 0.770. The van der Waals surface area contributed by atoms with E-state index in [9.17, 15) is 5.11 Å². The zero-order chi connectivity index (χ0) is 14.7. The fourth-order valence-corrected chi connectivity index (χ4v) is 2.17. The molecule has 1 atom stereocenters. The monoisotopic (exact) mass is 280 g/mol. The van der Waals surface area contributed by atoms with Gasteiger partial charge in [0.1, 0.15) is 5.75 Å². The van der Waals surface area contributed by atoms with E-state index in [0.717, 1.165) is 16.9 Å². The van der Waals surface area contributed by atoms with Gasteiger partial charge in [-0.05, 0) is 48.9 Å². The van der Waals surface area contributed by atoms with Crippen molar-refractivity contribution in [3.05, 3.63) is 66.5 Å². The molecule has 0 saturated heterocycles. The first-order valence-corrected chi connectivity index (χ1v) is 6.74. The first kappa shape index (κ1) is 13.2. The number of nitrogens with zero attached hydrogens (tertiary/aromatic N) is 3. The third kappa shape index (κ3) is 3.02. The Morgan fingerprint density at radius 3 is 2.43 bits per heavy atom. The summed E-state index contributed by atoms with van der Waals surface area (Å²) in [5.74, 6) is 0.279. The van der Waals surface area contributed by atoms with Crippen LogP contribution in [0.3, 0.4) is 0 Å². The van der Waals surface area contributed by atoms with E-state index >= 15 is 0 Å². The fourth-order valence-electron chi connectivity index (χ4n) is 2.17. The molecule has 5 nitrogen and oxygen atoms in total. The highest BCUT2D eigenvalue weighted by Crippen LogP contribution is 2.22. The van der Waals surface area contributed by atoms with E-state index in [1.165, 1.54) is 0 Å². The van der Waals surface area contributed by atoms with E-state index in [1.54, 1.807) is 29.3 Å². The van der Waals surface area contributed by atoms with Crippen molar-refractivity contribution in [3.8, 4) is 11.4 Å². The second kappa shape index (κ2) is 5.66. The Hall–Kier alpha value is -2.82. The van der Waals surface area contributed by atoms with Crippen molar-refractivity contribution in [3.63, 3.8) is 0 Å². The number of hydrogen-bond acceptors (Lipinski definition) is 4. The maximum absolute atomic E-state index is 9.53.